The molecule has 1 unspecified atom stereocenters. The molecule has 0 aliphatic rings. The number of aryl methyl sites for hydroxylation is 1. The Kier molecular flexibility index (Phi) is 7.36. The predicted octanol–water partition coefficient (Wildman–Crippen LogP) is 4.73. The first-order chi connectivity index (χ1) is 15.1. The normalized spacial score (nSPS) is 13.1. The predicted molar refractivity (Wildman–Crippen MR) is 122 cm³/mol. The van der Waals surface area contributed by atoms with Crippen molar-refractivity contribution in [3.8, 4) is 0 Å². The largest absolute Gasteiger partial charge is 0.319 e. The van der Waals surface area contributed by atoms with Crippen LogP contribution in [0.3, 0.4) is 0 Å². The van der Waals surface area contributed by atoms with Gasteiger partial charge in [0.15, 0.2) is 10.9 Å². The average molecular weight is 482 g/mol. The lowest BCUT2D eigenvalue weighted by atomic mass is 10.1. The first-order valence-corrected chi connectivity index (χ1v) is 12.5. The van der Waals surface area contributed by atoms with Crippen LogP contribution in [0, 0.1) is 11.6 Å². The Hall–Kier alpha value is -2.30. The highest BCUT2D eigenvalue weighted by Gasteiger charge is 2.24. The van der Waals surface area contributed by atoms with Crippen LogP contribution in [-0.2, 0) is 16.6 Å². The smallest absolute Gasteiger partial charge is 0.242 e. The summed E-state index contributed by atoms with van der Waals surface area (Å²) in [6.07, 6.45) is 1.80. The first kappa shape index (κ1) is 24.3. The molecule has 0 saturated heterocycles. The number of halogens is 2. The highest BCUT2D eigenvalue weighted by molar-refractivity contribution is 8.00. The number of rotatable bonds is 9. The summed E-state index contributed by atoms with van der Waals surface area (Å²) in [5, 5.41) is -0.145. The zero-order valence-corrected chi connectivity index (χ0v) is 19.9. The Morgan fingerprint density at radius 2 is 1.91 bits per heavy atom. The number of carbonyl (C=O) groups is 1. The van der Waals surface area contributed by atoms with Gasteiger partial charge < -0.3 is 4.57 Å². The van der Waals surface area contributed by atoms with Crippen LogP contribution in [-0.4, -0.2) is 47.4 Å². The maximum Gasteiger partial charge on any atom is 0.242 e. The zero-order chi connectivity index (χ0) is 23.6. The van der Waals surface area contributed by atoms with Crippen molar-refractivity contribution in [3.05, 3.63) is 53.6 Å². The molecule has 10 heteroatoms. The maximum absolute atomic E-state index is 14.1. The van der Waals surface area contributed by atoms with E-state index in [4.69, 9.17) is 0 Å². The molecule has 1 aromatic heterocycles. The van der Waals surface area contributed by atoms with Gasteiger partial charge in [0.25, 0.3) is 0 Å². The minimum atomic E-state index is -3.62. The number of sulfonamides is 1. The van der Waals surface area contributed by atoms with Crippen LogP contribution in [0.5, 0.6) is 0 Å². The Bertz CT molecular complexity index is 1260. The number of unbranched alkanes of at least 4 members (excludes halogenated alkanes) is 1. The van der Waals surface area contributed by atoms with Crippen LogP contribution in [0.25, 0.3) is 11.0 Å². The van der Waals surface area contributed by atoms with Crippen LogP contribution in [0.2, 0.25) is 0 Å². The quantitative estimate of drug-likeness (QED) is 0.326. The van der Waals surface area contributed by atoms with Gasteiger partial charge in [-0.25, -0.2) is 26.5 Å². The second kappa shape index (κ2) is 9.68. The first-order valence-electron chi connectivity index (χ1n) is 10.1. The van der Waals surface area contributed by atoms with E-state index in [0.717, 1.165) is 46.6 Å². The van der Waals surface area contributed by atoms with Crippen molar-refractivity contribution in [1.29, 1.82) is 0 Å². The molecule has 0 bridgehead atoms. The average Bonchev–Trinajstić information content (AvgIpc) is 3.07. The van der Waals surface area contributed by atoms with Gasteiger partial charge in [0.05, 0.1) is 26.7 Å². The Morgan fingerprint density at radius 3 is 2.53 bits per heavy atom. The molecule has 0 N–H and O–H groups in total. The van der Waals surface area contributed by atoms with Crippen molar-refractivity contribution in [2.24, 2.45) is 0 Å². The minimum absolute atomic E-state index is 0.129. The Labute approximate surface area is 190 Å². The lowest BCUT2D eigenvalue weighted by Crippen LogP contribution is -2.22. The van der Waals surface area contributed by atoms with Crippen LogP contribution < -0.4 is 0 Å². The van der Waals surface area contributed by atoms with E-state index in [9.17, 15) is 22.0 Å². The van der Waals surface area contributed by atoms with E-state index in [2.05, 4.69) is 11.9 Å². The highest BCUT2D eigenvalue weighted by atomic mass is 32.2. The number of thioether (sulfide) groups is 1. The fourth-order valence-electron chi connectivity index (χ4n) is 3.20. The minimum Gasteiger partial charge on any atom is -0.319 e. The van der Waals surface area contributed by atoms with Crippen LogP contribution in [0.1, 0.15) is 37.0 Å². The van der Waals surface area contributed by atoms with E-state index < -0.39 is 32.7 Å². The molecular weight excluding hydrogens is 456 g/mol. The summed E-state index contributed by atoms with van der Waals surface area (Å²) < 4.78 is 55.4. The number of fused-ring (bicyclic) bond motifs is 1. The molecule has 6 nitrogen and oxygen atoms in total. The van der Waals surface area contributed by atoms with Gasteiger partial charge in [0, 0.05) is 26.7 Å². The molecule has 172 valence electrons. The van der Waals surface area contributed by atoms with Gasteiger partial charge in [-0.05, 0) is 43.7 Å². The van der Waals surface area contributed by atoms with E-state index in [1.807, 2.05) is 4.57 Å². The molecule has 3 aromatic rings. The van der Waals surface area contributed by atoms with Gasteiger partial charge in [-0.15, -0.1) is 0 Å². The molecule has 0 saturated carbocycles. The molecule has 0 fully saturated rings. The number of aromatic nitrogens is 2. The number of carbonyl (C=O) groups excluding carboxylic acids is 1. The standard InChI is InChI=1S/C22H25F2N3O3S2/c1-5-6-11-27-20-10-8-16(32(29,30)26(3)4)13-19(20)25-22(27)31-14(2)21(28)17-9-7-15(23)12-18(17)24/h7-10,12-14H,5-6,11H2,1-4H3. The number of hydrogen-bond acceptors (Lipinski definition) is 5. The fraction of sp³-hybridized carbons (Fsp3) is 0.364. The molecule has 0 radical (unpaired) electrons. The van der Waals surface area contributed by atoms with E-state index in [1.54, 1.807) is 19.1 Å². The SMILES string of the molecule is CCCCn1c(SC(C)C(=O)c2ccc(F)cc2F)nc2cc(S(=O)(=O)N(C)C)ccc21. The summed E-state index contributed by atoms with van der Waals surface area (Å²) in [5.41, 5.74) is 1.08. The van der Waals surface area contributed by atoms with Crippen molar-refractivity contribution in [2.45, 2.75) is 48.5 Å². The monoisotopic (exact) mass is 481 g/mol. The van der Waals surface area contributed by atoms with Crippen LogP contribution in [0.4, 0.5) is 8.78 Å². The van der Waals surface area contributed by atoms with Crippen molar-refractivity contribution in [2.75, 3.05) is 14.1 Å². The van der Waals surface area contributed by atoms with E-state index in [0.29, 0.717) is 23.3 Å². The fourth-order valence-corrected chi connectivity index (χ4v) is 5.14. The number of hydrogen-bond donors (Lipinski definition) is 0. The maximum atomic E-state index is 14.1. The lowest BCUT2D eigenvalue weighted by molar-refractivity contribution is 0.0990. The zero-order valence-electron chi connectivity index (χ0n) is 18.3. The Balaban J connectivity index is 1.99. The number of Topliss-reactive ketones (excluding diaryl/α,β-unsaturated/α-hetero) is 1. The van der Waals surface area contributed by atoms with Crippen molar-refractivity contribution >= 4 is 38.6 Å². The van der Waals surface area contributed by atoms with Crippen molar-refractivity contribution in [3.63, 3.8) is 0 Å². The second-order valence-electron chi connectivity index (χ2n) is 7.59. The topological polar surface area (TPSA) is 72.3 Å². The van der Waals surface area contributed by atoms with Gasteiger partial charge in [-0.2, -0.15) is 0 Å². The lowest BCUT2D eigenvalue weighted by Gasteiger charge is -2.13. The van der Waals surface area contributed by atoms with Gasteiger partial charge in [-0.3, -0.25) is 4.79 Å². The summed E-state index contributed by atoms with van der Waals surface area (Å²) in [4.78, 5) is 17.5. The Morgan fingerprint density at radius 1 is 1.19 bits per heavy atom. The molecule has 0 aliphatic heterocycles. The van der Waals surface area contributed by atoms with Gasteiger partial charge >= 0.3 is 0 Å². The van der Waals surface area contributed by atoms with E-state index in [1.165, 1.54) is 20.2 Å². The van der Waals surface area contributed by atoms with Gasteiger partial charge in [0.2, 0.25) is 10.0 Å². The molecule has 0 amide bonds. The molecule has 3 rings (SSSR count). The molecule has 1 heterocycles. The van der Waals surface area contributed by atoms with Gasteiger partial charge in [0.1, 0.15) is 11.6 Å². The molecular formula is C22H25F2N3O3S2. The van der Waals surface area contributed by atoms with E-state index >= 15 is 0 Å². The molecule has 0 spiro atoms. The summed E-state index contributed by atoms with van der Waals surface area (Å²) in [7, 11) is -0.697. The molecule has 1 atom stereocenters. The third-order valence-electron chi connectivity index (χ3n) is 5.05. The summed E-state index contributed by atoms with van der Waals surface area (Å²) >= 11 is 1.16. The summed E-state index contributed by atoms with van der Waals surface area (Å²) in [5.74, 6) is -2.12. The van der Waals surface area contributed by atoms with Crippen molar-refractivity contribution in [1.82, 2.24) is 13.9 Å². The molecule has 0 aliphatic carbocycles. The van der Waals surface area contributed by atoms with E-state index in [-0.39, 0.29) is 10.5 Å². The van der Waals surface area contributed by atoms with Gasteiger partial charge in [-0.1, -0.05) is 25.1 Å². The summed E-state index contributed by atoms with van der Waals surface area (Å²) in [6, 6.07) is 7.65. The number of imidazole rings is 1. The third-order valence-corrected chi connectivity index (χ3v) is 7.95. The second-order valence-corrected chi connectivity index (χ2v) is 11.0. The van der Waals surface area contributed by atoms with Crippen LogP contribution in [0.15, 0.2) is 46.5 Å². The summed E-state index contributed by atoms with van der Waals surface area (Å²) in [6.45, 7) is 4.33. The number of nitrogens with zero attached hydrogens (tertiary/aromatic N) is 3. The number of ketones is 1. The highest BCUT2D eigenvalue weighted by Crippen LogP contribution is 2.31. The van der Waals surface area contributed by atoms with Crippen LogP contribution >= 0.6 is 11.8 Å². The molecule has 32 heavy (non-hydrogen) atoms. The molecule has 2 aromatic carbocycles. The number of benzene rings is 2. The van der Waals surface area contributed by atoms with Crippen molar-refractivity contribution < 1.29 is 22.0 Å². The third kappa shape index (κ3) is 4.87.